The lowest BCUT2D eigenvalue weighted by Gasteiger charge is -2.23. The fourth-order valence-corrected chi connectivity index (χ4v) is 4.04. The molecule has 0 bridgehead atoms. The van der Waals surface area contributed by atoms with Crippen LogP contribution in [0.3, 0.4) is 0 Å². The van der Waals surface area contributed by atoms with Crippen molar-refractivity contribution in [1.29, 1.82) is 0 Å². The summed E-state index contributed by atoms with van der Waals surface area (Å²) in [4.78, 5) is 0. The molecule has 0 spiro atoms. The number of aliphatic hydroxyl groups is 2. The summed E-state index contributed by atoms with van der Waals surface area (Å²) in [6, 6.07) is 0. The molecule has 4 heteroatoms. The van der Waals surface area contributed by atoms with E-state index in [4.69, 9.17) is 14.6 Å². The molecule has 1 saturated carbocycles. The highest BCUT2D eigenvalue weighted by atomic mass is 16.5. The molecule has 0 heterocycles. The van der Waals surface area contributed by atoms with E-state index in [1.165, 1.54) is 19.3 Å². The van der Waals surface area contributed by atoms with Crippen LogP contribution in [0.2, 0.25) is 0 Å². The van der Waals surface area contributed by atoms with Crippen molar-refractivity contribution < 1.29 is 19.7 Å². The summed E-state index contributed by atoms with van der Waals surface area (Å²) in [5.41, 5.74) is 0. The predicted octanol–water partition coefficient (Wildman–Crippen LogP) is 5.17. The molecule has 5 unspecified atom stereocenters. The van der Waals surface area contributed by atoms with E-state index in [9.17, 15) is 5.11 Å². The highest BCUT2D eigenvalue weighted by Crippen LogP contribution is 2.38. The van der Waals surface area contributed by atoms with Crippen molar-refractivity contribution in [3.8, 4) is 0 Å². The van der Waals surface area contributed by atoms with Crippen LogP contribution in [-0.4, -0.2) is 42.7 Å². The van der Waals surface area contributed by atoms with Gasteiger partial charge in [-0.1, -0.05) is 57.3 Å². The number of hydrogen-bond donors (Lipinski definition) is 2. The monoisotopic (exact) mass is 368 g/mol. The van der Waals surface area contributed by atoms with Gasteiger partial charge in [0.2, 0.25) is 0 Å². The largest absolute Gasteiger partial charge is 0.516 e. The van der Waals surface area contributed by atoms with Crippen molar-refractivity contribution >= 4 is 0 Å². The number of unbranched alkanes of at least 4 members (excludes halogenated alkanes) is 5. The van der Waals surface area contributed by atoms with Gasteiger partial charge >= 0.3 is 0 Å². The number of ether oxygens (including phenoxy) is 2. The Labute approximate surface area is 160 Å². The first-order valence-electron chi connectivity index (χ1n) is 10.4. The van der Waals surface area contributed by atoms with Crippen LogP contribution in [-0.2, 0) is 9.47 Å². The molecule has 0 aromatic carbocycles. The van der Waals surface area contributed by atoms with Gasteiger partial charge in [0.05, 0.1) is 24.6 Å². The number of rotatable bonds is 14. The van der Waals surface area contributed by atoms with E-state index >= 15 is 0 Å². The summed E-state index contributed by atoms with van der Waals surface area (Å²) >= 11 is 0. The van der Waals surface area contributed by atoms with Gasteiger partial charge < -0.3 is 19.7 Å². The summed E-state index contributed by atoms with van der Waals surface area (Å²) in [5, 5.41) is 19.2. The molecule has 0 amide bonds. The topological polar surface area (TPSA) is 58.9 Å². The van der Waals surface area contributed by atoms with Gasteiger partial charge in [-0.25, -0.2) is 0 Å². The van der Waals surface area contributed by atoms with Crippen LogP contribution in [0.5, 0.6) is 0 Å². The standard InChI is InChI=1S/C22H40O4/c1-4-5-9-12-18(25-2)14-15-20-19(21(24)17-22(20)26-3)13-10-7-6-8-11-16-23/h11,14-16,18-24H,4-10,12-13,17H2,1-3H3/b15-14+,16-11?. The lowest BCUT2D eigenvalue weighted by atomic mass is 9.87. The zero-order chi connectivity index (χ0) is 19.2. The Morgan fingerprint density at radius 3 is 2.58 bits per heavy atom. The van der Waals surface area contributed by atoms with Crippen LogP contribution in [0.15, 0.2) is 24.5 Å². The van der Waals surface area contributed by atoms with Crippen LogP contribution < -0.4 is 0 Å². The first-order valence-corrected chi connectivity index (χ1v) is 10.4. The van der Waals surface area contributed by atoms with Gasteiger partial charge in [0, 0.05) is 26.6 Å². The van der Waals surface area contributed by atoms with Crippen molar-refractivity contribution in [1.82, 2.24) is 0 Å². The Morgan fingerprint density at radius 2 is 1.92 bits per heavy atom. The normalized spacial score (nSPS) is 27.7. The van der Waals surface area contributed by atoms with Crippen LogP contribution in [0.4, 0.5) is 0 Å². The Balaban J connectivity index is 2.56. The average Bonchev–Trinajstić information content (AvgIpc) is 2.96. The van der Waals surface area contributed by atoms with Crippen LogP contribution >= 0.6 is 0 Å². The highest BCUT2D eigenvalue weighted by molar-refractivity contribution is 5.05. The number of allylic oxidation sites excluding steroid dienone is 1. The molecule has 5 atom stereocenters. The zero-order valence-corrected chi connectivity index (χ0v) is 17.0. The minimum atomic E-state index is -0.284. The Kier molecular flexibility index (Phi) is 12.7. The van der Waals surface area contributed by atoms with E-state index in [0.29, 0.717) is 0 Å². The van der Waals surface area contributed by atoms with Crippen molar-refractivity contribution in [3.05, 3.63) is 24.5 Å². The van der Waals surface area contributed by atoms with E-state index in [1.807, 2.05) is 0 Å². The molecule has 1 aliphatic rings. The van der Waals surface area contributed by atoms with E-state index in [0.717, 1.165) is 51.2 Å². The van der Waals surface area contributed by atoms with Gasteiger partial charge in [-0.2, -0.15) is 0 Å². The molecule has 4 nitrogen and oxygen atoms in total. The highest BCUT2D eigenvalue weighted by Gasteiger charge is 2.40. The molecule has 0 aromatic rings. The third-order valence-electron chi connectivity index (χ3n) is 5.65. The SMILES string of the molecule is CCCCCC(/C=C/C1C(OC)CC(O)C1CCCCCC=CO)OC. The van der Waals surface area contributed by atoms with Crippen molar-refractivity contribution in [2.45, 2.75) is 89.4 Å². The second-order valence-electron chi connectivity index (χ2n) is 7.50. The van der Waals surface area contributed by atoms with Gasteiger partial charge in [0.15, 0.2) is 0 Å². The maximum absolute atomic E-state index is 10.5. The minimum absolute atomic E-state index is 0.0942. The van der Waals surface area contributed by atoms with Crippen molar-refractivity contribution in [3.63, 3.8) is 0 Å². The van der Waals surface area contributed by atoms with Crippen molar-refractivity contribution in [2.24, 2.45) is 11.8 Å². The maximum atomic E-state index is 10.5. The number of hydrogen-bond acceptors (Lipinski definition) is 4. The van der Waals surface area contributed by atoms with Crippen LogP contribution in [0, 0.1) is 11.8 Å². The second kappa shape index (κ2) is 14.2. The first kappa shape index (κ1) is 23.2. The van der Waals surface area contributed by atoms with Crippen molar-refractivity contribution in [2.75, 3.05) is 14.2 Å². The molecule has 1 aliphatic carbocycles. The summed E-state index contributed by atoms with van der Waals surface area (Å²) in [6.07, 6.45) is 18.0. The molecule has 2 N–H and O–H groups in total. The van der Waals surface area contributed by atoms with Gasteiger partial charge in [-0.3, -0.25) is 0 Å². The van der Waals surface area contributed by atoms with E-state index in [1.54, 1.807) is 20.3 Å². The summed E-state index contributed by atoms with van der Waals surface area (Å²) in [6.45, 7) is 2.21. The smallest absolute Gasteiger partial charge is 0.0752 e. The van der Waals surface area contributed by atoms with Gasteiger partial charge in [0.25, 0.3) is 0 Å². The molecule has 152 valence electrons. The molecule has 1 fully saturated rings. The molecule has 0 saturated heterocycles. The third-order valence-corrected chi connectivity index (χ3v) is 5.65. The first-order chi connectivity index (χ1) is 12.7. The molecule has 0 aliphatic heterocycles. The Morgan fingerprint density at radius 1 is 1.12 bits per heavy atom. The molecular weight excluding hydrogens is 328 g/mol. The summed E-state index contributed by atoms with van der Waals surface area (Å²) in [5.74, 6) is 0.522. The minimum Gasteiger partial charge on any atom is -0.516 e. The van der Waals surface area contributed by atoms with Crippen LogP contribution in [0.25, 0.3) is 0 Å². The van der Waals surface area contributed by atoms with E-state index < -0.39 is 0 Å². The molecule has 1 rings (SSSR count). The maximum Gasteiger partial charge on any atom is 0.0752 e. The predicted molar refractivity (Wildman–Crippen MR) is 107 cm³/mol. The van der Waals surface area contributed by atoms with E-state index in [-0.39, 0.29) is 30.1 Å². The molecule has 26 heavy (non-hydrogen) atoms. The molecular formula is C22H40O4. The van der Waals surface area contributed by atoms with Crippen LogP contribution in [0.1, 0.15) is 71.1 Å². The number of aliphatic hydroxyl groups excluding tert-OH is 2. The lowest BCUT2D eigenvalue weighted by molar-refractivity contribution is 0.0739. The van der Waals surface area contributed by atoms with Gasteiger partial charge in [0.1, 0.15) is 0 Å². The summed E-state index contributed by atoms with van der Waals surface area (Å²) in [7, 11) is 3.52. The zero-order valence-electron chi connectivity index (χ0n) is 17.0. The fraction of sp³-hybridized carbons (Fsp3) is 0.818. The quantitative estimate of drug-likeness (QED) is 0.252. The Hall–Kier alpha value is -0.840. The second-order valence-corrected chi connectivity index (χ2v) is 7.50. The Bertz CT molecular complexity index is 394. The number of methoxy groups -OCH3 is 2. The summed E-state index contributed by atoms with van der Waals surface area (Å²) < 4.78 is 11.3. The average molecular weight is 369 g/mol. The molecule has 0 aromatic heterocycles. The lowest BCUT2D eigenvalue weighted by Crippen LogP contribution is -2.22. The van der Waals surface area contributed by atoms with E-state index in [2.05, 4.69) is 19.1 Å². The molecule has 0 radical (unpaired) electrons. The third kappa shape index (κ3) is 8.24. The van der Waals surface area contributed by atoms with Gasteiger partial charge in [-0.15, -0.1) is 0 Å². The fourth-order valence-electron chi connectivity index (χ4n) is 4.04. The van der Waals surface area contributed by atoms with Gasteiger partial charge in [-0.05, 0) is 31.6 Å².